The van der Waals surface area contributed by atoms with E-state index in [9.17, 15) is 0 Å². The molecule has 1 saturated heterocycles. The Balaban J connectivity index is -0.000000503. The molecule has 0 atom stereocenters. The molecular formula is C18H28I2O5Sn. The normalized spacial score (nSPS) is 17.9. The Morgan fingerprint density at radius 3 is 1.23 bits per heavy atom. The first kappa shape index (κ1) is 32.0. The minimum Gasteiger partial charge on any atom is -1.00 e. The van der Waals surface area contributed by atoms with Crippen LogP contribution >= 0.6 is 0 Å². The summed E-state index contributed by atoms with van der Waals surface area (Å²) in [6.45, 7) is 9.90. The van der Waals surface area contributed by atoms with Crippen molar-refractivity contribution in [3.63, 3.8) is 0 Å². The smallest absolute Gasteiger partial charge is 1.00 e. The molecule has 0 saturated carbocycles. The van der Waals surface area contributed by atoms with Crippen molar-refractivity contribution < 1.29 is 71.6 Å². The molecule has 0 N–H and O–H groups in total. The van der Waals surface area contributed by atoms with Crippen LogP contribution < -0.4 is 48.0 Å². The topological polar surface area (TPSA) is 46.2 Å². The standard InChI is InChI=1S/C12H23O5.C6H5.2HI.Sn/c1-12-10-16-8-6-14-4-2-13-3-5-15-7-9-17-11-12;1-2-4-6-5-3-1;;;/h12H,1-11H2;1-5H;2*1H;/q;;;;+2/p-2. The Hall–Kier alpha value is 1.28. The molecule has 1 aromatic carbocycles. The molecule has 0 aliphatic carbocycles. The van der Waals surface area contributed by atoms with Gasteiger partial charge in [0.05, 0.1) is 66.1 Å². The molecule has 0 amide bonds. The average molecular weight is 697 g/mol. The Morgan fingerprint density at radius 2 is 0.962 bits per heavy atom. The second kappa shape index (κ2) is 26.3. The largest absolute Gasteiger partial charge is 2.00 e. The summed E-state index contributed by atoms with van der Waals surface area (Å²) in [5.41, 5.74) is 0. The van der Waals surface area contributed by atoms with Crippen LogP contribution in [0.1, 0.15) is 0 Å². The van der Waals surface area contributed by atoms with Gasteiger partial charge in [-0.25, -0.2) is 0 Å². The van der Waals surface area contributed by atoms with Crippen molar-refractivity contribution >= 4 is 23.9 Å². The predicted molar refractivity (Wildman–Crippen MR) is 94.0 cm³/mol. The summed E-state index contributed by atoms with van der Waals surface area (Å²) in [5.74, 6) is 0.159. The van der Waals surface area contributed by atoms with E-state index in [2.05, 4.69) is 13.0 Å². The molecule has 4 radical (unpaired) electrons. The number of benzene rings is 1. The molecule has 1 aliphatic rings. The molecule has 5 nitrogen and oxygen atoms in total. The quantitative estimate of drug-likeness (QED) is 0.203. The zero-order chi connectivity index (χ0) is 16.4. The van der Waals surface area contributed by atoms with Crippen LogP contribution in [0.4, 0.5) is 0 Å². The van der Waals surface area contributed by atoms with Crippen LogP contribution in [0, 0.1) is 18.9 Å². The monoisotopic (exact) mass is 698 g/mol. The Morgan fingerprint density at radius 1 is 0.615 bits per heavy atom. The summed E-state index contributed by atoms with van der Waals surface area (Å²) in [4.78, 5) is 0. The summed E-state index contributed by atoms with van der Waals surface area (Å²) in [5, 5.41) is 0. The third-order valence-corrected chi connectivity index (χ3v) is 2.80. The molecule has 0 spiro atoms. The van der Waals surface area contributed by atoms with Crippen molar-refractivity contribution in [2.45, 2.75) is 0 Å². The van der Waals surface area contributed by atoms with Crippen LogP contribution in [-0.4, -0.2) is 90.0 Å². The molecule has 1 aliphatic heterocycles. The molecule has 2 rings (SSSR count). The van der Waals surface area contributed by atoms with E-state index in [0.717, 1.165) is 0 Å². The first-order valence-electron chi connectivity index (χ1n) is 8.02. The van der Waals surface area contributed by atoms with E-state index in [0.29, 0.717) is 66.1 Å². The van der Waals surface area contributed by atoms with Gasteiger partial charge in [0.15, 0.2) is 0 Å². The third-order valence-electron chi connectivity index (χ3n) is 2.80. The van der Waals surface area contributed by atoms with Crippen molar-refractivity contribution in [3.05, 3.63) is 43.3 Å². The van der Waals surface area contributed by atoms with Crippen molar-refractivity contribution in [1.29, 1.82) is 0 Å². The second-order valence-corrected chi connectivity index (χ2v) is 4.93. The second-order valence-electron chi connectivity index (χ2n) is 4.93. The first-order valence-corrected chi connectivity index (χ1v) is 8.02. The van der Waals surface area contributed by atoms with Crippen LogP contribution in [0.15, 0.2) is 30.3 Å². The van der Waals surface area contributed by atoms with Gasteiger partial charge in [-0.2, -0.15) is 0 Å². The van der Waals surface area contributed by atoms with Gasteiger partial charge in [-0.05, 0) is 13.0 Å². The molecular weight excluding hydrogens is 669 g/mol. The van der Waals surface area contributed by atoms with E-state index in [1.165, 1.54) is 0 Å². The molecule has 0 bridgehead atoms. The zero-order valence-corrected chi connectivity index (χ0v) is 22.2. The summed E-state index contributed by atoms with van der Waals surface area (Å²) in [6.07, 6.45) is 0. The fourth-order valence-electron chi connectivity index (χ4n) is 1.67. The summed E-state index contributed by atoms with van der Waals surface area (Å²) in [7, 11) is 0. The van der Waals surface area contributed by atoms with E-state index in [1.54, 1.807) is 0 Å². The van der Waals surface area contributed by atoms with E-state index < -0.39 is 0 Å². The number of rotatable bonds is 0. The van der Waals surface area contributed by atoms with Crippen LogP contribution in [0.5, 0.6) is 0 Å². The van der Waals surface area contributed by atoms with Gasteiger partial charge in [-0.1, -0.05) is 30.3 Å². The predicted octanol–water partition coefficient (Wildman–Crippen LogP) is -4.35. The van der Waals surface area contributed by atoms with Crippen LogP contribution in [0.25, 0.3) is 0 Å². The molecule has 1 heterocycles. The number of halogens is 2. The average Bonchev–Trinajstić information content (AvgIpc) is 2.59. The van der Waals surface area contributed by atoms with Gasteiger partial charge >= 0.3 is 23.9 Å². The Kier molecular flexibility index (Phi) is 32.3. The minimum absolute atomic E-state index is 0. The maximum absolute atomic E-state index is 5.41. The fourth-order valence-corrected chi connectivity index (χ4v) is 1.67. The van der Waals surface area contributed by atoms with Gasteiger partial charge in [0.25, 0.3) is 0 Å². The molecule has 148 valence electrons. The minimum atomic E-state index is 0. The number of hydrogen-bond acceptors (Lipinski definition) is 5. The Labute approximate surface area is 209 Å². The van der Waals surface area contributed by atoms with Crippen molar-refractivity contribution in [1.82, 2.24) is 0 Å². The maximum atomic E-state index is 5.41. The Bertz CT molecular complexity index is 307. The van der Waals surface area contributed by atoms with Crippen LogP contribution in [-0.2, 0) is 23.7 Å². The molecule has 1 fully saturated rings. The summed E-state index contributed by atoms with van der Waals surface area (Å²) in [6, 6.07) is 12.5. The molecule has 0 unspecified atom stereocenters. The van der Waals surface area contributed by atoms with Gasteiger partial charge < -0.3 is 71.6 Å². The molecule has 8 heteroatoms. The third kappa shape index (κ3) is 23.3. The summed E-state index contributed by atoms with van der Waals surface area (Å²) >= 11 is 0. The van der Waals surface area contributed by atoms with E-state index in [1.807, 2.05) is 30.3 Å². The van der Waals surface area contributed by atoms with Crippen LogP contribution in [0.3, 0.4) is 0 Å². The van der Waals surface area contributed by atoms with Gasteiger partial charge in [0.1, 0.15) is 0 Å². The summed E-state index contributed by atoms with van der Waals surface area (Å²) < 4.78 is 26.8. The molecule has 0 aromatic heterocycles. The van der Waals surface area contributed by atoms with Gasteiger partial charge in [-0.15, -0.1) is 0 Å². The number of hydrogen-bond donors (Lipinski definition) is 0. The molecule has 26 heavy (non-hydrogen) atoms. The van der Waals surface area contributed by atoms with Gasteiger partial charge in [0, 0.05) is 5.92 Å². The van der Waals surface area contributed by atoms with E-state index in [4.69, 9.17) is 23.7 Å². The van der Waals surface area contributed by atoms with E-state index >= 15 is 0 Å². The van der Waals surface area contributed by atoms with Gasteiger partial charge in [-0.3, -0.25) is 0 Å². The fraction of sp³-hybridized carbons (Fsp3) is 0.611. The van der Waals surface area contributed by atoms with Crippen molar-refractivity contribution in [2.24, 2.45) is 5.92 Å². The SMILES string of the molecule is [CH2]C1COCCOCCOCCOCCOC1.[I-].[I-].[Sn+2].[c]1ccccc1. The van der Waals surface area contributed by atoms with Crippen molar-refractivity contribution in [2.75, 3.05) is 66.1 Å². The van der Waals surface area contributed by atoms with Crippen LogP contribution in [0.2, 0.25) is 0 Å². The first-order chi connectivity index (χ1) is 11.4. The van der Waals surface area contributed by atoms with E-state index in [-0.39, 0.29) is 77.8 Å². The molecule has 1 aromatic rings. The number of ether oxygens (including phenoxy) is 5. The zero-order valence-electron chi connectivity index (χ0n) is 15.0. The maximum Gasteiger partial charge on any atom is 2.00 e. The van der Waals surface area contributed by atoms with Crippen molar-refractivity contribution in [3.8, 4) is 0 Å². The van der Waals surface area contributed by atoms with Gasteiger partial charge in [0.2, 0.25) is 0 Å².